The normalized spacial score (nSPS) is 16.2. The van der Waals surface area contributed by atoms with Crippen LogP contribution < -0.4 is 10.6 Å². The van der Waals surface area contributed by atoms with E-state index in [2.05, 4.69) is 15.6 Å². The van der Waals surface area contributed by atoms with E-state index >= 15 is 0 Å². The monoisotopic (exact) mass is 436 g/mol. The summed E-state index contributed by atoms with van der Waals surface area (Å²) in [6.45, 7) is 2.57. The van der Waals surface area contributed by atoms with Gasteiger partial charge in [0.15, 0.2) is 5.13 Å². The first kappa shape index (κ1) is 21.0. The fraction of sp³-hybridized carbons (Fsp3) is 0.304. The molecule has 7 nitrogen and oxygen atoms in total. The predicted octanol–water partition coefficient (Wildman–Crippen LogP) is 3.67. The zero-order chi connectivity index (χ0) is 21.8. The SMILES string of the molecule is CC(=O)Nc1ccc2nc(NC(=O)C3CCCN(C(=O)Cc4ccccc4)C3)sc2c1. The molecule has 0 bridgehead atoms. The Bertz CT molecular complexity index is 1110. The molecular formula is C23H24N4O3S. The van der Waals surface area contributed by atoms with E-state index in [-0.39, 0.29) is 23.6 Å². The number of anilines is 2. The first-order valence-corrected chi connectivity index (χ1v) is 11.1. The highest BCUT2D eigenvalue weighted by atomic mass is 32.1. The molecule has 1 aliphatic rings. The van der Waals surface area contributed by atoms with Gasteiger partial charge in [-0.15, -0.1) is 0 Å². The summed E-state index contributed by atoms with van der Waals surface area (Å²) in [5.74, 6) is -0.455. The van der Waals surface area contributed by atoms with Gasteiger partial charge in [-0.1, -0.05) is 41.7 Å². The van der Waals surface area contributed by atoms with Gasteiger partial charge in [0.2, 0.25) is 17.7 Å². The Morgan fingerprint density at radius 3 is 2.71 bits per heavy atom. The van der Waals surface area contributed by atoms with Crippen LogP contribution in [0.25, 0.3) is 10.2 Å². The number of carbonyl (C=O) groups excluding carboxylic acids is 3. The minimum Gasteiger partial charge on any atom is -0.342 e. The number of rotatable bonds is 5. The van der Waals surface area contributed by atoms with E-state index < -0.39 is 0 Å². The molecule has 1 atom stereocenters. The molecule has 4 rings (SSSR count). The van der Waals surface area contributed by atoms with Crippen molar-refractivity contribution in [2.24, 2.45) is 5.92 Å². The molecule has 0 radical (unpaired) electrons. The second-order valence-corrected chi connectivity index (χ2v) is 8.74. The van der Waals surface area contributed by atoms with Crippen LogP contribution in [0, 0.1) is 5.92 Å². The molecule has 0 aliphatic carbocycles. The van der Waals surface area contributed by atoms with Gasteiger partial charge in [-0.2, -0.15) is 0 Å². The van der Waals surface area contributed by atoms with Gasteiger partial charge in [0.25, 0.3) is 0 Å². The summed E-state index contributed by atoms with van der Waals surface area (Å²) < 4.78 is 0.879. The molecule has 2 aromatic carbocycles. The summed E-state index contributed by atoms with van der Waals surface area (Å²) in [5, 5.41) is 6.18. The van der Waals surface area contributed by atoms with Crippen molar-refractivity contribution in [2.45, 2.75) is 26.2 Å². The van der Waals surface area contributed by atoms with Gasteiger partial charge in [-0.25, -0.2) is 4.98 Å². The summed E-state index contributed by atoms with van der Waals surface area (Å²) in [5.41, 5.74) is 2.44. The number of nitrogens with one attached hydrogen (secondary N) is 2. The highest BCUT2D eigenvalue weighted by Gasteiger charge is 2.29. The highest BCUT2D eigenvalue weighted by Crippen LogP contribution is 2.29. The number of benzene rings is 2. The lowest BCUT2D eigenvalue weighted by atomic mass is 9.96. The summed E-state index contributed by atoms with van der Waals surface area (Å²) in [6, 6.07) is 15.1. The summed E-state index contributed by atoms with van der Waals surface area (Å²) >= 11 is 1.36. The Morgan fingerprint density at radius 2 is 1.94 bits per heavy atom. The van der Waals surface area contributed by atoms with Gasteiger partial charge in [0, 0.05) is 25.7 Å². The average molecular weight is 437 g/mol. The van der Waals surface area contributed by atoms with Crippen molar-refractivity contribution in [3.8, 4) is 0 Å². The molecule has 0 spiro atoms. The molecule has 1 aromatic heterocycles. The maximum absolute atomic E-state index is 12.8. The molecule has 8 heteroatoms. The molecule has 1 fully saturated rings. The van der Waals surface area contributed by atoms with Crippen molar-refractivity contribution in [1.29, 1.82) is 0 Å². The molecule has 1 aliphatic heterocycles. The van der Waals surface area contributed by atoms with Crippen LogP contribution in [0.3, 0.4) is 0 Å². The van der Waals surface area contributed by atoms with Gasteiger partial charge < -0.3 is 15.5 Å². The van der Waals surface area contributed by atoms with Crippen LogP contribution in [0.1, 0.15) is 25.3 Å². The van der Waals surface area contributed by atoms with Crippen molar-refractivity contribution >= 4 is 50.1 Å². The van der Waals surface area contributed by atoms with E-state index in [0.29, 0.717) is 30.3 Å². The lowest BCUT2D eigenvalue weighted by molar-refractivity contribution is -0.134. The number of thiazole rings is 1. The number of hydrogen-bond donors (Lipinski definition) is 2. The molecule has 2 heterocycles. The Kier molecular flexibility index (Phi) is 6.27. The van der Waals surface area contributed by atoms with Crippen molar-refractivity contribution < 1.29 is 14.4 Å². The van der Waals surface area contributed by atoms with E-state index in [1.165, 1.54) is 18.3 Å². The molecular weight excluding hydrogens is 412 g/mol. The zero-order valence-corrected chi connectivity index (χ0v) is 18.1. The topological polar surface area (TPSA) is 91.4 Å². The van der Waals surface area contributed by atoms with Gasteiger partial charge in [0.1, 0.15) is 0 Å². The maximum Gasteiger partial charge on any atom is 0.231 e. The Hall–Kier alpha value is -3.26. The Morgan fingerprint density at radius 1 is 1.13 bits per heavy atom. The van der Waals surface area contributed by atoms with Gasteiger partial charge in [-0.05, 0) is 36.6 Å². The number of aromatic nitrogens is 1. The molecule has 0 saturated carbocycles. The number of hydrogen-bond acceptors (Lipinski definition) is 5. The number of amides is 3. The van der Waals surface area contributed by atoms with E-state index in [9.17, 15) is 14.4 Å². The van der Waals surface area contributed by atoms with Gasteiger partial charge >= 0.3 is 0 Å². The van der Waals surface area contributed by atoms with Crippen LogP contribution in [0.15, 0.2) is 48.5 Å². The minimum atomic E-state index is -0.254. The third-order valence-corrected chi connectivity index (χ3v) is 6.22. The quantitative estimate of drug-likeness (QED) is 0.638. The average Bonchev–Trinajstić information content (AvgIpc) is 3.15. The van der Waals surface area contributed by atoms with Crippen LogP contribution >= 0.6 is 11.3 Å². The Balaban J connectivity index is 1.38. The predicted molar refractivity (Wildman–Crippen MR) is 122 cm³/mol. The van der Waals surface area contributed by atoms with Crippen molar-refractivity contribution in [2.75, 3.05) is 23.7 Å². The number of carbonyl (C=O) groups is 3. The highest BCUT2D eigenvalue weighted by molar-refractivity contribution is 7.22. The number of likely N-dealkylation sites (tertiary alicyclic amines) is 1. The fourth-order valence-corrected chi connectivity index (χ4v) is 4.67. The third kappa shape index (κ3) is 5.27. The lowest BCUT2D eigenvalue weighted by Gasteiger charge is -2.32. The second kappa shape index (κ2) is 9.26. The number of piperidine rings is 1. The van der Waals surface area contributed by atoms with Crippen molar-refractivity contribution in [3.05, 3.63) is 54.1 Å². The van der Waals surface area contributed by atoms with Crippen LogP contribution in [0.4, 0.5) is 10.8 Å². The van der Waals surface area contributed by atoms with Crippen LogP contribution in [0.2, 0.25) is 0 Å². The first-order chi connectivity index (χ1) is 15.0. The fourth-order valence-electron chi connectivity index (χ4n) is 3.77. The number of nitrogens with zero attached hydrogens (tertiary/aromatic N) is 2. The van der Waals surface area contributed by atoms with Crippen LogP contribution in [0.5, 0.6) is 0 Å². The molecule has 2 N–H and O–H groups in total. The van der Waals surface area contributed by atoms with E-state index in [1.54, 1.807) is 11.0 Å². The molecule has 3 amide bonds. The summed E-state index contributed by atoms with van der Waals surface area (Å²) in [4.78, 5) is 43.0. The standard InChI is InChI=1S/C23H24N4O3S/c1-15(28)24-18-9-10-19-20(13-18)31-23(25-19)26-22(30)17-8-5-11-27(14-17)21(29)12-16-6-3-2-4-7-16/h2-4,6-7,9-10,13,17H,5,8,11-12,14H2,1H3,(H,24,28)(H,25,26,30). The largest absolute Gasteiger partial charge is 0.342 e. The summed E-state index contributed by atoms with van der Waals surface area (Å²) in [6.07, 6.45) is 1.90. The molecule has 1 unspecified atom stereocenters. The van der Waals surface area contributed by atoms with Crippen LogP contribution in [-0.2, 0) is 20.8 Å². The minimum absolute atomic E-state index is 0.0502. The smallest absolute Gasteiger partial charge is 0.231 e. The molecule has 3 aromatic rings. The van der Waals surface area contributed by atoms with E-state index in [0.717, 1.165) is 28.6 Å². The lowest BCUT2D eigenvalue weighted by Crippen LogP contribution is -2.44. The van der Waals surface area contributed by atoms with Gasteiger partial charge in [0.05, 0.1) is 22.6 Å². The van der Waals surface area contributed by atoms with Crippen molar-refractivity contribution in [1.82, 2.24) is 9.88 Å². The third-order valence-electron chi connectivity index (χ3n) is 5.28. The molecule has 31 heavy (non-hydrogen) atoms. The van der Waals surface area contributed by atoms with Crippen molar-refractivity contribution in [3.63, 3.8) is 0 Å². The van der Waals surface area contributed by atoms with Crippen LogP contribution in [-0.4, -0.2) is 40.7 Å². The molecule has 160 valence electrons. The Labute approximate surface area is 184 Å². The van der Waals surface area contributed by atoms with E-state index in [4.69, 9.17) is 0 Å². The molecule has 1 saturated heterocycles. The first-order valence-electron chi connectivity index (χ1n) is 10.3. The second-order valence-electron chi connectivity index (χ2n) is 7.71. The summed E-state index contributed by atoms with van der Waals surface area (Å²) in [7, 11) is 0. The maximum atomic E-state index is 12.8. The van der Waals surface area contributed by atoms with E-state index in [1.807, 2.05) is 42.5 Å². The van der Waals surface area contributed by atoms with Gasteiger partial charge in [-0.3, -0.25) is 14.4 Å². The zero-order valence-electron chi connectivity index (χ0n) is 17.3. The number of fused-ring (bicyclic) bond motifs is 1.